The molecule has 0 fully saturated rings. The first-order valence-electron chi connectivity index (χ1n) is 18.9. The maximum atomic E-state index is 7.09. The van der Waals surface area contributed by atoms with Crippen LogP contribution in [0.2, 0.25) is 0 Å². The van der Waals surface area contributed by atoms with Crippen LogP contribution in [0.3, 0.4) is 0 Å². The van der Waals surface area contributed by atoms with E-state index in [9.17, 15) is 0 Å². The minimum Gasteiger partial charge on any atom is -0.379 e. The first-order valence-corrected chi connectivity index (χ1v) is 18.9. The summed E-state index contributed by atoms with van der Waals surface area (Å²) >= 11 is 0. The van der Waals surface area contributed by atoms with Gasteiger partial charge in [-0.3, -0.25) is 0 Å². The minimum absolute atomic E-state index is 0.152. The first-order chi connectivity index (χ1) is 23.3. The zero-order valence-electron chi connectivity index (χ0n) is 29.6. The molecule has 0 saturated carbocycles. The zero-order valence-corrected chi connectivity index (χ0v) is 29.6. The zero-order chi connectivity index (χ0) is 33.1. The van der Waals surface area contributed by atoms with Crippen LogP contribution in [0.5, 0.6) is 0 Å². The van der Waals surface area contributed by atoms with Crippen molar-refractivity contribution in [1.82, 2.24) is 0 Å². The van der Waals surface area contributed by atoms with Crippen LogP contribution in [-0.4, -0.2) is 32.5 Å². The maximum Gasteiger partial charge on any atom is 0.143 e. The van der Waals surface area contributed by atoms with E-state index in [4.69, 9.17) is 14.2 Å². The minimum atomic E-state index is -0.761. The summed E-state index contributed by atoms with van der Waals surface area (Å²) in [4.78, 5) is 0. The van der Waals surface area contributed by atoms with E-state index in [-0.39, 0.29) is 6.10 Å². The van der Waals surface area contributed by atoms with Crippen LogP contribution >= 0.6 is 0 Å². The molecule has 0 spiro atoms. The number of allylic oxidation sites excluding steroid dienone is 1. The summed E-state index contributed by atoms with van der Waals surface area (Å²) in [7, 11) is 0. The summed E-state index contributed by atoms with van der Waals surface area (Å²) in [5.41, 5.74) is 2.55. The van der Waals surface area contributed by atoms with Crippen molar-refractivity contribution < 1.29 is 14.2 Å². The number of rotatable bonds is 29. The Morgan fingerprint density at radius 3 is 1.40 bits per heavy atom. The van der Waals surface area contributed by atoms with Crippen LogP contribution < -0.4 is 0 Å². The van der Waals surface area contributed by atoms with Crippen LogP contribution in [-0.2, 0) is 19.8 Å². The monoisotopic (exact) mass is 640 g/mol. The van der Waals surface area contributed by atoms with Gasteiger partial charge < -0.3 is 14.2 Å². The fourth-order valence-corrected chi connectivity index (χ4v) is 6.39. The fraction of sp³-hybridized carbons (Fsp3) is 0.545. The molecule has 0 radical (unpaired) electrons. The number of ether oxygens (including phenoxy) is 3. The highest BCUT2D eigenvalue weighted by molar-refractivity contribution is 5.47. The second-order valence-electron chi connectivity index (χ2n) is 13.0. The van der Waals surface area contributed by atoms with Crippen molar-refractivity contribution in [3.63, 3.8) is 0 Å². The third-order valence-electron chi connectivity index (χ3n) is 9.13. The molecule has 0 amide bonds. The first kappa shape index (κ1) is 38.7. The van der Waals surface area contributed by atoms with Crippen molar-refractivity contribution in [3.8, 4) is 0 Å². The fourth-order valence-electron chi connectivity index (χ4n) is 6.39. The molecule has 1 unspecified atom stereocenters. The maximum absolute atomic E-state index is 7.09. The SMILES string of the molecule is C=CCCCCOC(COCCCCCCCCCCCCCCCC)COC(c1ccccc1)(c1ccccc1)c1ccccc1. The lowest BCUT2D eigenvalue weighted by molar-refractivity contribution is -0.0922. The van der Waals surface area contributed by atoms with Crippen molar-refractivity contribution in [3.05, 3.63) is 120 Å². The van der Waals surface area contributed by atoms with Gasteiger partial charge in [0.25, 0.3) is 0 Å². The third-order valence-corrected chi connectivity index (χ3v) is 9.13. The number of benzene rings is 3. The summed E-state index contributed by atoms with van der Waals surface area (Å²) in [5, 5.41) is 0. The van der Waals surface area contributed by atoms with Gasteiger partial charge in [0.05, 0.1) is 13.2 Å². The largest absolute Gasteiger partial charge is 0.379 e. The third kappa shape index (κ3) is 14.9. The quantitative estimate of drug-likeness (QED) is 0.0429. The summed E-state index contributed by atoms with van der Waals surface area (Å²) in [5.74, 6) is 0. The lowest BCUT2D eigenvalue weighted by Gasteiger charge is -2.37. The Bertz CT molecular complexity index is 1030. The van der Waals surface area contributed by atoms with Crippen LogP contribution in [0.15, 0.2) is 104 Å². The Hall–Kier alpha value is -2.72. The van der Waals surface area contributed by atoms with Gasteiger partial charge in [-0.1, -0.05) is 187 Å². The molecule has 0 N–H and O–H groups in total. The molecular formula is C44H64O3. The van der Waals surface area contributed by atoms with E-state index < -0.39 is 5.60 Å². The molecule has 0 saturated heterocycles. The normalized spacial score (nSPS) is 12.3. The molecule has 0 bridgehead atoms. The molecular weight excluding hydrogens is 576 g/mol. The van der Waals surface area contributed by atoms with Crippen molar-refractivity contribution in [2.45, 2.75) is 128 Å². The predicted octanol–water partition coefficient (Wildman–Crippen LogP) is 12.2. The molecule has 1 atom stereocenters. The molecule has 258 valence electrons. The average molecular weight is 641 g/mol. The van der Waals surface area contributed by atoms with Gasteiger partial charge in [0.15, 0.2) is 0 Å². The Morgan fingerprint density at radius 2 is 0.957 bits per heavy atom. The van der Waals surface area contributed by atoms with Crippen LogP contribution in [0.4, 0.5) is 0 Å². The number of hydrogen-bond donors (Lipinski definition) is 0. The molecule has 0 aliphatic carbocycles. The second kappa shape index (κ2) is 25.3. The van der Waals surface area contributed by atoms with Gasteiger partial charge in [0.1, 0.15) is 11.7 Å². The van der Waals surface area contributed by atoms with E-state index in [0.717, 1.165) is 49.0 Å². The smallest absolute Gasteiger partial charge is 0.143 e. The number of hydrogen-bond acceptors (Lipinski definition) is 3. The molecule has 3 aromatic rings. The Balaban J connectivity index is 1.50. The van der Waals surface area contributed by atoms with Crippen LogP contribution in [0.25, 0.3) is 0 Å². The molecule has 3 nitrogen and oxygen atoms in total. The summed E-state index contributed by atoms with van der Waals surface area (Å²) in [6, 6.07) is 31.7. The van der Waals surface area contributed by atoms with Crippen LogP contribution in [0.1, 0.15) is 133 Å². The van der Waals surface area contributed by atoms with E-state index in [1.807, 2.05) is 6.08 Å². The lowest BCUT2D eigenvalue weighted by Crippen LogP contribution is -2.37. The molecule has 47 heavy (non-hydrogen) atoms. The van der Waals surface area contributed by atoms with Crippen molar-refractivity contribution >= 4 is 0 Å². The standard InChI is InChI=1S/C44H64O3/c1-3-5-7-9-10-11-12-13-14-15-16-17-18-28-36-45-38-43(46-37-29-8-6-4-2)39-47-44(40-30-22-19-23-31-40,41-32-24-20-25-33-41)42-34-26-21-27-35-42/h4,19-27,30-35,43H,2-3,5-18,28-29,36-39H2,1H3. The van der Waals surface area contributed by atoms with Gasteiger partial charge >= 0.3 is 0 Å². The highest BCUT2D eigenvalue weighted by Gasteiger charge is 2.38. The second-order valence-corrected chi connectivity index (χ2v) is 13.0. The molecule has 0 aromatic heterocycles. The molecule has 0 heterocycles. The van der Waals surface area contributed by atoms with Crippen molar-refractivity contribution in [2.75, 3.05) is 26.4 Å². The van der Waals surface area contributed by atoms with Gasteiger partial charge in [0.2, 0.25) is 0 Å². The Labute approximate surface area is 288 Å². The lowest BCUT2D eigenvalue weighted by atomic mass is 9.80. The van der Waals surface area contributed by atoms with E-state index in [1.54, 1.807) is 0 Å². The van der Waals surface area contributed by atoms with Gasteiger partial charge in [-0.15, -0.1) is 6.58 Å². The molecule has 3 rings (SSSR count). The van der Waals surface area contributed by atoms with Crippen molar-refractivity contribution in [1.29, 1.82) is 0 Å². The molecule has 3 heteroatoms. The summed E-state index contributed by atoms with van der Waals surface area (Å²) in [6.45, 7) is 8.58. The predicted molar refractivity (Wildman–Crippen MR) is 200 cm³/mol. The Morgan fingerprint density at radius 1 is 0.532 bits per heavy atom. The van der Waals surface area contributed by atoms with Gasteiger partial charge in [-0.05, 0) is 42.4 Å². The van der Waals surface area contributed by atoms with E-state index in [0.29, 0.717) is 19.8 Å². The highest BCUT2D eigenvalue weighted by atomic mass is 16.6. The molecule has 3 aromatic carbocycles. The van der Waals surface area contributed by atoms with Crippen molar-refractivity contribution in [2.24, 2.45) is 0 Å². The molecule has 0 aliphatic rings. The van der Waals surface area contributed by atoms with Gasteiger partial charge in [0, 0.05) is 13.2 Å². The Kier molecular flexibility index (Phi) is 20.9. The van der Waals surface area contributed by atoms with E-state index in [1.165, 1.54) is 83.5 Å². The molecule has 0 aliphatic heterocycles. The van der Waals surface area contributed by atoms with Crippen LogP contribution in [0, 0.1) is 0 Å². The van der Waals surface area contributed by atoms with Gasteiger partial charge in [-0.2, -0.15) is 0 Å². The van der Waals surface area contributed by atoms with E-state index >= 15 is 0 Å². The topological polar surface area (TPSA) is 27.7 Å². The number of unbranched alkanes of at least 4 members (excludes halogenated alkanes) is 15. The average Bonchev–Trinajstić information content (AvgIpc) is 3.12. The van der Waals surface area contributed by atoms with E-state index in [2.05, 4.69) is 104 Å². The van der Waals surface area contributed by atoms with Gasteiger partial charge in [-0.25, -0.2) is 0 Å². The highest BCUT2D eigenvalue weighted by Crippen LogP contribution is 2.40. The summed E-state index contributed by atoms with van der Waals surface area (Å²) < 4.78 is 19.8. The summed E-state index contributed by atoms with van der Waals surface area (Å²) in [6.07, 6.45) is 24.0.